The van der Waals surface area contributed by atoms with Crippen LogP contribution in [0.15, 0.2) is 18.2 Å². The van der Waals surface area contributed by atoms with Gasteiger partial charge in [-0.25, -0.2) is 4.79 Å². The summed E-state index contributed by atoms with van der Waals surface area (Å²) in [5, 5.41) is 14.0. The van der Waals surface area contributed by atoms with E-state index in [2.05, 4.69) is 5.32 Å². The number of nitrogens with zero attached hydrogens (tertiary/aromatic N) is 2. The highest BCUT2D eigenvalue weighted by Gasteiger charge is 2.29. The molecule has 1 amide bonds. The number of piperidine rings is 1. The lowest BCUT2D eigenvalue weighted by atomic mass is 9.97. The Balaban J connectivity index is 2.09. The van der Waals surface area contributed by atoms with Gasteiger partial charge in [0.2, 0.25) is 0 Å². The number of hydrogen-bond acceptors (Lipinski definition) is 7. The molecule has 0 aliphatic carbocycles. The van der Waals surface area contributed by atoms with E-state index in [0.717, 1.165) is 25.3 Å². The summed E-state index contributed by atoms with van der Waals surface area (Å²) in [6.45, 7) is 4.38. The van der Waals surface area contributed by atoms with Gasteiger partial charge in [-0.3, -0.25) is 14.9 Å². The van der Waals surface area contributed by atoms with Crippen molar-refractivity contribution in [3.05, 3.63) is 33.9 Å². The largest absolute Gasteiger partial charge is 0.452 e. The molecule has 1 saturated heterocycles. The van der Waals surface area contributed by atoms with E-state index in [1.807, 2.05) is 13.8 Å². The molecule has 0 bridgehead atoms. The SMILES string of the molecule is COCCNc1ccc([N+](=O)[O-])cc1C(=O)OCC(=O)N1[C@H](C)CCC[C@H]1C. The van der Waals surface area contributed by atoms with Crippen molar-refractivity contribution in [2.24, 2.45) is 0 Å². The smallest absolute Gasteiger partial charge is 0.341 e. The van der Waals surface area contributed by atoms with E-state index in [1.54, 1.807) is 12.0 Å². The van der Waals surface area contributed by atoms with Crippen molar-refractivity contribution >= 4 is 23.3 Å². The third-order valence-corrected chi connectivity index (χ3v) is 4.86. The number of non-ortho nitro benzene ring substituents is 1. The van der Waals surface area contributed by atoms with Crippen LogP contribution < -0.4 is 5.32 Å². The molecule has 28 heavy (non-hydrogen) atoms. The van der Waals surface area contributed by atoms with Crippen LogP contribution in [-0.2, 0) is 14.3 Å². The minimum absolute atomic E-state index is 0.0119. The van der Waals surface area contributed by atoms with Crippen molar-refractivity contribution in [1.29, 1.82) is 0 Å². The standard InChI is InChI=1S/C19H27N3O6/c1-13-5-4-6-14(2)21(13)18(23)12-28-19(24)16-11-15(22(25)26)7-8-17(16)20-9-10-27-3/h7-8,11,13-14,20H,4-6,9-10,12H2,1-3H3/t13-,14-/m1/s1. The van der Waals surface area contributed by atoms with E-state index in [9.17, 15) is 19.7 Å². The topological polar surface area (TPSA) is 111 Å². The maximum atomic E-state index is 12.5. The average molecular weight is 393 g/mol. The van der Waals surface area contributed by atoms with E-state index >= 15 is 0 Å². The number of ether oxygens (including phenoxy) is 2. The molecule has 154 valence electrons. The first kappa shape index (κ1) is 21.6. The van der Waals surface area contributed by atoms with Gasteiger partial charge in [0.05, 0.1) is 17.1 Å². The Bertz CT molecular complexity index is 714. The third kappa shape index (κ3) is 5.41. The van der Waals surface area contributed by atoms with Gasteiger partial charge in [0.15, 0.2) is 6.61 Å². The van der Waals surface area contributed by atoms with Gasteiger partial charge in [0, 0.05) is 43.6 Å². The van der Waals surface area contributed by atoms with Crippen molar-refractivity contribution in [3.63, 3.8) is 0 Å². The van der Waals surface area contributed by atoms with Gasteiger partial charge in [0.25, 0.3) is 11.6 Å². The maximum Gasteiger partial charge on any atom is 0.341 e. The molecule has 1 aliphatic heterocycles. The number of nitrogens with one attached hydrogen (secondary N) is 1. The van der Waals surface area contributed by atoms with Gasteiger partial charge in [-0.2, -0.15) is 0 Å². The van der Waals surface area contributed by atoms with Gasteiger partial charge in [-0.1, -0.05) is 0 Å². The van der Waals surface area contributed by atoms with E-state index in [4.69, 9.17) is 9.47 Å². The number of esters is 1. The van der Waals surface area contributed by atoms with Crippen molar-refractivity contribution in [1.82, 2.24) is 4.90 Å². The second-order valence-corrected chi connectivity index (χ2v) is 6.91. The predicted molar refractivity (Wildman–Crippen MR) is 103 cm³/mol. The number of carbonyl (C=O) groups excluding carboxylic acids is 2. The summed E-state index contributed by atoms with van der Waals surface area (Å²) in [6, 6.07) is 4.08. The van der Waals surface area contributed by atoms with Gasteiger partial charge in [0.1, 0.15) is 0 Å². The quantitative estimate of drug-likeness (QED) is 0.313. The zero-order chi connectivity index (χ0) is 20.7. The Kier molecular flexibility index (Phi) is 7.74. The minimum atomic E-state index is -0.783. The van der Waals surface area contributed by atoms with E-state index in [1.165, 1.54) is 12.1 Å². The van der Waals surface area contributed by atoms with Crippen LogP contribution in [0.2, 0.25) is 0 Å². The number of anilines is 1. The van der Waals surface area contributed by atoms with E-state index in [0.29, 0.717) is 18.8 Å². The molecule has 0 radical (unpaired) electrons. The Morgan fingerprint density at radius 2 is 1.96 bits per heavy atom. The molecule has 2 rings (SSSR count). The number of benzene rings is 1. The number of hydrogen-bond donors (Lipinski definition) is 1. The highest BCUT2D eigenvalue weighted by atomic mass is 16.6. The maximum absolute atomic E-state index is 12.5. The zero-order valence-electron chi connectivity index (χ0n) is 16.5. The Hall–Kier alpha value is -2.68. The van der Waals surface area contributed by atoms with E-state index in [-0.39, 0.29) is 29.2 Å². The number of methoxy groups -OCH3 is 1. The first-order valence-corrected chi connectivity index (χ1v) is 9.34. The van der Waals surface area contributed by atoms with Crippen LogP contribution in [0, 0.1) is 10.1 Å². The number of nitro groups is 1. The summed E-state index contributed by atoms with van der Waals surface area (Å²) < 4.78 is 10.2. The molecule has 9 heteroatoms. The highest BCUT2D eigenvalue weighted by molar-refractivity contribution is 5.97. The molecule has 1 aromatic rings. The van der Waals surface area contributed by atoms with Crippen LogP contribution in [0.1, 0.15) is 43.5 Å². The summed E-state index contributed by atoms with van der Waals surface area (Å²) in [5.74, 6) is -1.04. The number of carbonyl (C=O) groups is 2. The summed E-state index contributed by atoms with van der Waals surface area (Å²) in [4.78, 5) is 37.3. The molecule has 0 saturated carbocycles. The van der Waals surface area contributed by atoms with Gasteiger partial charge < -0.3 is 19.7 Å². The van der Waals surface area contributed by atoms with Crippen LogP contribution in [0.5, 0.6) is 0 Å². The Morgan fingerprint density at radius 1 is 1.29 bits per heavy atom. The molecule has 9 nitrogen and oxygen atoms in total. The second-order valence-electron chi connectivity index (χ2n) is 6.91. The zero-order valence-corrected chi connectivity index (χ0v) is 16.5. The Morgan fingerprint density at radius 3 is 2.57 bits per heavy atom. The predicted octanol–water partition coefficient (Wildman–Crippen LogP) is 2.60. The van der Waals surface area contributed by atoms with Crippen LogP contribution in [0.3, 0.4) is 0 Å². The normalized spacial score (nSPS) is 19.2. The summed E-state index contributed by atoms with van der Waals surface area (Å²) in [6.07, 6.45) is 2.90. The first-order chi connectivity index (χ1) is 13.3. The fourth-order valence-corrected chi connectivity index (χ4v) is 3.45. The third-order valence-electron chi connectivity index (χ3n) is 4.86. The van der Waals surface area contributed by atoms with Crippen LogP contribution in [0.25, 0.3) is 0 Å². The second kappa shape index (κ2) is 10.0. The molecule has 1 fully saturated rings. The van der Waals surface area contributed by atoms with Crippen molar-refractivity contribution in [3.8, 4) is 0 Å². The monoisotopic (exact) mass is 393 g/mol. The number of nitro benzene ring substituents is 1. The van der Waals surface area contributed by atoms with Crippen molar-refractivity contribution in [2.45, 2.75) is 45.2 Å². The number of likely N-dealkylation sites (tertiary alicyclic amines) is 1. The van der Waals surface area contributed by atoms with Crippen molar-refractivity contribution < 1.29 is 24.0 Å². The van der Waals surface area contributed by atoms with Crippen LogP contribution >= 0.6 is 0 Å². The molecule has 0 aromatic heterocycles. The molecule has 0 spiro atoms. The molecule has 1 N–H and O–H groups in total. The fourth-order valence-electron chi connectivity index (χ4n) is 3.45. The fraction of sp³-hybridized carbons (Fsp3) is 0.579. The lowest BCUT2D eigenvalue weighted by molar-refractivity contribution is -0.384. The number of amides is 1. The van der Waals surface area contributed by atoms with E-state index < -0.39 is 17.5 Å². The molecular formula is C19H27N3O6. The number of rotatable bonds is 8. The summed E-state index contributed by atoms with van der Waals surface area (Å²) in [5.41, 5.74) is 0.173. The first-order valence-electron chi connectivity index (χ1n) is 9.34. The average Bonchev–Trinajstić information content (AvgIpc) is 2.66. The van der Waals surface area contributed by atoms with Crippen molar-refractivity contribution in [2.75, 3.05) is 32.2 Å². The van der Waals surface area contributed by atoms with Crippen LogP contribution in [0.4, 0.5) is 11.4 Å². The lowest BCUT2D eigenvalue weighted by Gasteiger charge is -2.38. The highest BCUT2D eigenvalue weighted by Crippen LogP contribution is 2.24. The summed E-state index contributed by atoms with van der Waals surface area (Å²) >= 11 is 0. The van der Waals surface area contributed by atoms with Gasteiger partial charge in [-0.05, 0) is 39.2 Å². The molecule has 2 atom stereocenters. The van der Waals surface area contributed by atoms with Gasteiger partial charge in [-0.15, -0.1) is 0 Å². The molecule has 1 aliphatic rings. The molecule has 1 aromatic carbocycles. The van der Waals surface area contributed by atoms with Gasteiger partial charge >= 0.3 is 5.97 Å². The summed E-state index contributed by atoms with van der Waals surface area (Å²) in [7, 11) is 1.54. The molecular weight excluding hydrogens is 366 g/mol. The molecule has 1 heterocycles. The lowest BCUT2D eigenvalue weighted by Crippen LogP contribution is -2.49. The Labute approximate surface area is 164 Å². The van der Waals surface area contributed by atoms with Crippen LogP contribution in [-0.4, -0.2) is 60.7 Å². The minimum Gasteiger partial charge on any atom is -0.452 e. The molecule has 0 unspecified atom stereocenters.